The van der Waals surface area contributed by atoms with Crippen LogP contribution in [0.2, 0.25) is 0 Å². The molecule has 0 bridgehead atoms. The van der Waals surface area contributed by atoms with Crippen molar-refractivity contribution in [1.82, 2.24) is 0 Å². The summed E-state index contributed by atoms with van der Waals surface area (Å²) in [5, 5.41) is 10.8. The number of methoxy groups -OCH3 is 3. The SMILES string of the molecule is CC[C@H](OC)[C@@H](C)[C@@H]1C[C@H]1[C@H](O)[C@@H](C)/C=C/C=C(\C)[C@H]1O[C@H](OC)CC[C@@H]1OC. The monoisotopic (exact) mass is 410 g/mol. The predicted octanol–water partition coefficient (Wildman–Crippen LogP) is 4.35. The van der Waals surface area contributed by atoms with Crippen molar-refractivity contribution in [1.29, 1.82) is 0 Å². The first kappa shape index (κ1) is 24.5. The minimum atomic E-state index is -0.308. The van der Waals surface area contributed by atoms with E-state index in [1.54, 1.807) is 21.3 Å². The fourth-order valence-electron chi connectivity index (χ4n) is 4.83. The Bertz CT molecular complexity index is 541. The average molecular weight is 411 g/mol. The highest BCUT2D eigenvalue weighted by Gasteiger charge is 2.48. The Kier molecular flexibility index (Phi) is 9.83. The molecule has 2 aliphatic rings. The maximum atomic E-state index is 10.8. The van der Waals surface area contributed by atoms with Gasteiger partial charge in [-0.2, -0.15) is 0 Å². The average Bonchev–Trinajstić information content (AvgIpc) is 3.54. The van der Waals surface area contributed by atoms with Gasteiger partial charge in [0.25, 0.3) is 0 Å². The van der Waals surface area contributed by atoms with Crippen molar-refractivity contribution in [2.24, 2.45) is 23.7 Å². The van der Waals surface area contributed by atoms with Gasteiger partial charge in [-0.05, 0) is 49.5 Å². The summed E-state index contributed by atoms with van der Waals surface area (Å²) in [7, 11) is 5.20. The zero-order chi connectivity index (χ0) is 21.6. The molecule has 1 N–H and O–H groups in total. The lowest BCUT2D eigenvalue weighted by atomic mass is 9.91. The summed E-state index contributed by atoms with van der Waals surface area (Å²) < 4.78 is 22.6. The third kappa shape index (κ3) is 6.38. The molecule has 0 amide bonds. The molecule has 2 fully saturated rings. The normalized spacial score (nSPS) is 34.8. The van der Waals surface area contributed by atoms with Crippen molar-refractivity contribution in [3.05, 3.63) is 23.8 Å². The van der Waals surface area contributed by atoms with E-state index in [2.05, 4.69) is 39.8 Å². The first-order valence-corrected chi connectivity index (χ1v) is 11.1. The van der Waals surface area contributed by atoms with Crippen molar-refractivity contribution in [2.75, 3.05) is 21.3 Å². The lowest BCUT2D eigenvalue weighted by molar-refractivity contribution is -0.205. The number of hydrogen-bond donors (Lipinski definition) is 1. The smallest absolute Gasteiger partial charge is 0.158 e. The van der Waals surface area contributed by atoms with Gasteiger partial charge in [-0.25, -0.2) is 0 Å². The molecule has 0 aromatic heterocycles. The van der Waals surface area contributed by atoms with Crippen LogP contribution in [0.15, 0.2) is 23.8 Å². The van der Waals surface area contributed by atoms with Crippen LogP contribution in [0.4, 0.5) is 0 Å². The zero-order valence-electron chi connectivity index (χ0n) is 19.3. The van der Waals surface area contributed by atoms with Crippen molar-refractivity contribution >= 4 is 0 Å². The molecule has 0 spiro atoms. The fourth-order valence-corrected chi connectivity index (χ4v) is 4.83. The molecule has 0 aromatic carbocycles. The number of ether oxygens (including phenoxy) is 4. The summed E-state index contributed by atoms with van der Waals surface area (Å²) in [4.78, 5) is 0. The molecule has 0 unspecified atom stereocenters. The van der Waals surface area contributed by atoms with E-state index in [0.717, 1.165) is 31.3 Å². The molecule has 1 saturated carbocycles. The van der Waals surface area contributed by atoms with Gasteiger partial charge >= 0.3 is 0 Å². The van der Waals surface area contributed by atoms with Crippen molar-refractivity contribution in [2.45, 2.75) is 84.1 Å². The molecule has 5 heteroatoms. The molecular weight excluding hydrogens is 368 g/mol. The number of aliphatic hydroxyl groups is 1. The van der Waals surface area contributed by atoms with Gasteiger partial charge in [0.15, 0.2) is 6.29 Å². The third-order valence-electron chi connectivity index (χ3n) is 6.95. The van der Waals surface area contributed by atoms with E-state index >= 15 is 0 Å². The molecule has 5 nitrogen and oxygen atoms in total. The molecular formula is C24H42O5. The number of rotatable bonds is 11. The van der Waals surface area contributed by atoms with Gasteiger partial charge in [-0.3, -0.25) is 0 Å². The van der Waals surface area contributed by atoms with E-state index in [1.165, 1.54) is 0 Å². The van der Waals surface area contributed by atoms with Gasteiger partial charge in [0, 0.05) is 33.7 Å². The quantitative estimate of drug-likeness (QED) is 0.513. The van der Waals surface area contributed by atoms with Crippen molar-refractivity contribution in [3.63, 3.8) is 0 Å². The van der Waals surface area contributed by atoms with Crippen LogP contribution in [0.1, 0.15) is 53.4 Å². The standard InChI is InChI=1S/C24H42O5/c1-8-20(26-5)17(4)18-14-19(18)23(25)15(2)10-9-11-16(3)24-21(27-6)12-13-22(28-7)29-24/h9-11,15,17-25H,8,12-14H2,1-7H3/b10-9+,16-11+/t15-,17-,18-,19+,20-,21-,22-,23+,24+/m0/s1. The Balaban J connectivity index is 1.90. The minimum Gasteiger partial charge on any atom is -0.392 e. The van der Waals surface area contributed by atoms with E-state index in [9.17, 15) is 5.11 Å². The molecule has 1 heterocycles. The molecule has 29 heavy (non-hydrogen) atoms. The second kappa shape index (κ2) is 11.6. The predicted molar refractivity (Wildman–Crippen MR) is 116 cm³/mol. The topological polar surface area (TPSA) is 57.2 Å². The van der Waals surface area contributed by atoms with Gasteiger partial charge < -0.3 is 24.1 Å². The Morgan fingerprint density at radius 3 is 2.45 bits per heavy atom. The van der Waals surface area contributed by atoms with E-state index in [1.807, 2.05) is 6.08 Å². The number of aliphatic hydroxyl groups excluding tert-OH is 1. The van der Waals surface area contributed by atoms with Crippen LogP contribution >= 0.6 is 0 Å². The molecule has 168 valence electrons. The van der Waals surface area contributed by atoms with E-state index in [0.29, 0.717) is 17.8 Å². The Labute approximate surface area is 177 Å². The van der Waals surface area contributed by atoms with Gasteiger partial charge in [0.05, 0.1) is 18.3 Å². The third-order valence-corrected chi connectivity index (χ3v) is 6.95. The summed E-state index contributed by atoms with van der Waals surface area (Å²) in [6, 6.07) is 0. The van der Waals surface area contributed by atoms with Crippen molar-refractivity contribution in [3.8, 4) is 0 Å². The van der Waals surface area contributed by atoms with Gasteiger partial charge in [0.2, 0.25) is 0 Å². The molecule has 0 radical (unpaired) electrons. The van der Waals surface area contributed by atoms with E-state index < -0.39 is 0 Å². The van der Waals surface area contributed by atoms with Gasteiger partial charge in [0.1, 0.15) is 6.10 Å². The van der Waals surface area contributed by atoms with Crippen LogP contribution in [0, 0.1) is 23.7 Å². The summed E-state index contributed by atoms with van der Waals surface area (Å²) in [5.41, 5.74) is 1.11. The maximum Gasteiger partial charge on any atom is 0.158 e. The highest BCUT2D eigenvalue weighted by Crippen LogP contribution is 2.49. The second-order valence-electron chi connectivity index (χ2n) is 8.82. The number of allylic oxidation sites excluding steroid dienone is 2. The first-order valence-electron chi connectivity index (χ1n) is 11.1. The Morgan fingerprint density at radius 1 is 1.14 bits per heavy atom. The van der Waals surface area contributed by atoms with Crippen LogP contribution in [0.3, 0.4) is 0 Å². The first-order chi connectivity index (χ1) is 13.9. The zero-order valence-corrected chi connectivity index (χ0v) is 19.3. The number of hydrogen-bond acceptors (Lipinski definition) is 5. The molecule has 1 aliphatic carbocycles. The van der Waals surface area contributed by atoms with E-state index in [-0.39, 0.29) is 36.6 Å². The second-order valence-corrected chi connectivity index (χ2v) is 8.82. The van der Waals surface area contributed by atoms with Gasteiger partial charge in [-0.15, -0.1) is 0 Å². The Hall–Kier alpha value is -0.720. The summed E-state index contributed by atoms with van der Waals surface area (Å²) >= 11 is 0. The van der Waals surface area contributed by atoms with Crippen LogP contribution in [0.5, 0.6) is 0 Å². The molecule has 2 rings (SSSR count). The highest BCUT2D eigenvalue weighted by atomic mass is 16.7. The van der Waals surface area contributed by atoms with Crippen LogP contribution in [0.25, 0.3) is 0 Å². The van der Waals surface area contributed by atoms with Gasteiger partial charge in [-0.1, -0.05) is 39.0 Å². The molecule has 1 aliphatic heterocycles. The molecule has 1 saturated heterocycles. The van der Waals surface area contributed by atoms with Crippen molar-refractivity contribution < 1.29 is 24.1 Å². The Morgan fingerprint density at radius 2 is 1.86 bits per heavy atom. The lowest BCUT2D eigenvalue weighted by Gasteiger charge is -2.35. The van der Waals surface area contributed by atoms with Crippen LogP contribution in [-0.4, -0.2) is 57.1 Å². The molecule has 9 atom stereocenters. The van der Waals surface area contributed by atoms with Crippen LogP contribution < -0.4 is 0 Å². The van der Waals surface area contributed by atoms with Crippen LogP contribution in [-0.2, 0) is 18.9 Å². The lowest BCUT2D eigenvalue weighted by Crippen LogP contribution is -2.41. The summed E-state index contributed by atoms with van der Waals surface area (Å²) in [5.74, 6) is 1.54. The van der Waals surface area contributed by atoms with E-state index in [4.69, 9.17) is 18.9 Å². The highest BCUT2D eigenvalue weighted by molar-refractivity contribution is 5.17. The summed E-state index contributed by atoms with van der Waals surface area (Å²) in [6.45, 7) is 8.57. The largest absolute Gasteiger partial charge is 0.392 e. The summed E-state index contributed by atoms with van der Waals surface area (Å²) in [6.07, 6.45) is 9.85. The fraction of sp³-hybridized carbons (Fsp3) is 0.833. The maximum absolute atomic E-state index is 10.8. The minimum absolute atomic E-state index is 0.0510. The molecule has 0 aromatic rings.